The van der Waals surface area contributed by atoms with Gasteiger partial charge in [0.05, 0.1) is 45.9 Å². The smallest absolute Gasteiger partial charge is 0.111 e. The van der Waals surface area contributed by atoms with Crippen molar-refractivity contribution in [1.82, 2.24) is 9.13 Å². The molecule has 8 rings (SSSR count). The van der Waals surface area contributed by atoms with Gasteiger partial charge in [0.2, 0.25) is 0 Å². The Labute approximate surface area is 331 Å². The van der Waals surface area contributed by atoms with E-state index in [-0.39, 0.29) is 6.17 Å². The third-order valence-corrected chi connectivity index (χ3v) is 11.1. The van der Waals surface area contributed by atoms with E-state index in [1.54, 1.807) is 0 Å². The highest BCUT2D eigenvalue weighted by Gasteiger charge is 2.24. The molecule has 8 aromatic rings. The van der Waals surface area contributed by atoms with Crippen molar-refractivity contribution in [2.75, 3.05) is 24.1 Å². The second-order valence-corrected chi connectivity index (χ2v) is 14.9. The standard InChI is InChI=1S/C50H52N6/c1-4-5-6-7-8-9-16-29-50(55-46-27-19-17-25-42(46)44-34-38(30-32-48(44)55)36-51-53(2)40-21-12-10-13-22-40)56-47-28-20-18-26-43(47)45-35-39(31-33-49(45)56)37-52-54(3)41-23-14-11-15-24-41/h10-15,17-28,30-37,50H,4-9,16,29H2,1-3H3/b51-36+,52-37+. The second-order valence-electron chi connectivity index (χ2n) is 14.9. The van der Waals surface area contributed by atoms with Gasteiger partial charge < -0.3 is 9.13 Å². The Morgan fingerprint density at radius 2 is 0.875 bits per heavy atom. The van der Waals surface area contributed by atoms with E-state index in [9.17, 15) is 0 Å². The summed E-state index contributed by atoms with van der Waals surface area (Å²) in [6.45, 7) is 2.29. The van der Waals surface area contributed by atoms with Crippen LogP contribution in [0.1, 0.15) is 75.6 Å². The van der Waals surface area contributed by atoms with Gasteiger partial charge >= 0.3 is 0 Å². The monoisotopic (exact) mass is 736 g/mol. The van der Waals surface area contributed by atoms with E-state index in [2.05, 4.69) is 125 Å². The summed E-state index contributed by atoms with van der Waals surface area (Å²) in [4.78, 5) is 0. The lowest BCUT2D eigenvalue weighted by Gasteiger charge is -2.26. The molecule has 0 aliphatic rings. The van der Waals surface area contributed by atoms with Crippen LogP contribution in [0.25, 0.3) is 43.6 Å². The van der Waals surface area contributed by atoms with Crippen LogP contribution in [0.5, 0.6) is 0 Å². The number of anilines is 2. The van der Waals surface area contributed by atoms with Gasteiger partial charge in [0, 0.05) is 35.6 Å². The number of hydrogen-bond acceptors (Lipinski definition) is 4. The minimum absolute atomic E-state index is 0.0721. The minimum Gasteiger partial charge on any atom is -0.319 e. The Morgan fingerprint density at radius 1 is 0.464 bits per heavy atom. The lowest BCUT2D eigenvalue weighted by atomic mass is 10.1. The van der Waals surface area contributed by atoms with Crippen LogP contribution in [0, 0.1) is 0 Å². The summed E-state index contributed by atoms with van der Waals surface area (Å²) in [5.41, 5.74) is 9.26. The van der Waals surface area contributed by atoms with Gasteiger partial charge in [0.15, 0.2) is 0 Å². The zero-order valence-electron chi connectivity index (χ0n) is 32.9. The maximum absolute atomic E-state index is 4.81. The molecule has 6 aromatic carbocycles. The number of unbranched alkanes of at least 4 members (excludes halogenated alkanes) is 6. The van der Waals surface area contributed by atoms with E-state index in [1.807, 2.05) is 72.9 Å². The molecule has 6 nitrogen and oxygen atoms in total. The summed E-state index contributed by atoms with van der Waals surface area (Å²) >= 11 is 0. The summed E-state index contributed by atoms with van der Waals surface area (Å²) < 4.78 is 5.24. The summed E-state index contributed by atoms with van der Waals surface area (Å²) in [6.07, 6.45) is 14.0. The molecular formula is C50H52N6. The number of para-hydroxylation sites is 4. The van der Waals surface area contributed by atoms with Gasteiger partial charge in [-0.15, -0.1) is 0 Å². The van der Waals surface area contributed by atoms with Crippen molar-refractivity contribution in [3.05, 3.63) is 157 Å². The molecule has 0 atom stereocenters. The largest absolute Gasteiger partial charge is 0.319 e. The number of nitrogens with zero attached hydrogens (tertiary/aromatic N) is 6. The quantitative estimate of drug-likeness (QED) is 0.0563. The summed E-state index contributed by atoms with van der Waals surface area (Å²) in [5.74, 6) is 0. The molecule has 56 heavy (non-hydrogen) atoms. The summed E-state index contributed by atoms with van der Waals surface area (Å²) in [5, 5.41) is 18.5. The molecule has 282 valence electrons. The van der Waals surface area contributed by atoms with Crippen LogP contribution in [-0.2, 0) is 0 Å². The fraction of sp³-hybridized carbons (Fsp3) is 0.240. The van der Waals surface area contributed by atoms with Crippen LogP contribution in [0.2, 0.25) is 0 Å². The molecule has 0 saturated heterocycles. The first-order valence-corrected chi connectivity index (χ1v) is 20.3. The van der Waals surface area contributed by atoms with Crippen LogP contribution < -0.4 is 10.0 Å². The number of hydrazone groups is 2. The number of rotatable bonds is 16. The van der Waals surface area contributed by atoms with Crippen molar-refractivity contribution in [2.45, 2.75) is 64.5 Å². The van der Waals surface area contributed by atoms with Gasteiger partial charge in [-0.3, -0.25) is 10.0 Å². The fourth-order valence-corrected chi connectivity index (χ4v) is 8.23. The van der Waals surface area contributed by atoms with E-state index >= 15 is 0 Å². The summed E-state index contributed by atoms with van der Waals surface area (Å²) in [7, 11) is 3.99. The molecule has 0 aliphatic carbocycles. The van der Waals surface area contributed by atoms with Crippen molar-refractivity contribution in [3.63, 3.8) is 0 Å². The molecule has 0 spiro atoms. The number of benzene rings is 6. The van der Waals surface area contributed by atoms with Crippen molar-refractivity contribution in [1.29, 1.82) is 0 Å². The zero-order valence-corrected chi connectivity index (χ0v) is 32.9. The van der Waals surface area contributed by atoms with Crippen molar-refractivity contribution in [3.8, 4) is 0 Å². The SMILES string of the molecule is CCCCCCCCCC(n1c2ccccc2c2cc(/C=N/N(C)c3ccccc3)ccc21)n1c2ccccc2c2cc(/C=N/N(C)c3ccccc3)ccc21. The molecule has 0 saturated carbocycles. The van der Waals surface area contributed by atoms with Crippen LogP contribution in [-0.4, -0.2) is 35.7 Å². The first kappa shape index (κ1) is 36.8. The number of hydrogen-bond donors (Lipinski definition) is 0. The van der Waals surface area contributed by atoms with Crippen molar-refractivity contribution < 1.29 is 0 Å². The van der Waals surface area contributed by atoms with Gasteiger partial charge in [-0.25, -0.2) is 0 Å². The predicted molar refractivity (Wildman–Crippen MR) is 241 cm³/mol. The highest BCUT2D eigenvalue weighted by molar-refractivity contribution is 6.11. The van der Waals surface area contributed by atoms with E-state index in [4.69, 9.17) is 10.2 Å². The minimum atomic E-state index is 0.0721. The van der Waals surface area contributed by atoms with Gasteiger partial charge in [-0.1, -0.05) is 130 Å². The Kier molecular flexibility index (Phi) is 11.3. The summed E-state index contributed by atoms with van der Waals surface area (Å²) in [6, 6.07) is 52.1. The average Bonchev–Trinajstić information content (AvgIpc) is 3.76. The zero-order chi connectivity index (χ0) is 38.3. The van der Waals surface area contributed by atoms with E-state index in [0.29, 0.717) is 0 Å². The third kappa shape index (κ3) is 7.70. The third-order valence-electron chi connectivity index (χ3n) is 11.1. The maximum Gasteiger partial charge on any atom is 0.111 e. The van der Waals surface area contributed by atoms with Crippen LogP contribution in [0.15, 0.2) is 156 Å². The second kappa shape index (κ2) is 17.1. The van der Waals surface area contributed by atoms with E-state index in [0.717, 1.165) is 35.3 Å². The first-order valence-electron chi connectivity index (χ1n) is 20.3. The van der Waals surface area contributed by atoms with E-state index < -0.39 is 0 Å². The average molecular weight is 737 g/mol. The highest BCUT2D eigenvalue weighted by Crippen LogP contribution is 2.40. The molecular weight excluding hydrogens is 685 g/mol. The van der Waals surface area contributed by atoms with Crippen molar-refractivity contribution in [2.24, 2.45) is 10.2 Å². The lowest BCUT2D eigenvalue weighted by Crippen LogP contribution is -2.18. The normalized spacial score (nSPS) is 12.1. The van der Waals surface area contributed by atoms with Crippen LogP contribution >= 0.6 is 0 Å². The highest BCUT2D eigenvalue weighted by atomic mass is 15.4. The molecule has 0 aliphatic heterocycles. The Morgan fingerprint density at radius 3 is 1.36 bits per heavy atom. The number of aromatic nitrogens is 2. The number of fused-ring (bicyclic) bond motifs is 6. The first-order chi connectivity index (χ1) is 27.6. The van der Waals surface area contributed by atoms with Gasteiger partial charge in [-0.2, -0.15) is 10.2 Å². The van der Waals surface area contributed by atoms with Gasteiger partial charge in [0.25, 0.3) is 0 Å². The molecule has 2 aromatic heterocycles. The molecule has 0 unspecified atom stereocenters. The van der Waals surface area contributed by atoms with Crippen LogP contribution in [0.3, 0.4) is 0 Å². The maximum atomic E-state index is 4.81. The molecule has 0 radical (unpaired) electrons. The Bertz CT molecular complexity index is 2420. The Hall–Kier alpha value is -6.14. The molecule has 0 N–H and O–H groups in total. The lowest BCUT2D eigenvalue weighted by molar-refractivity contribution is 0.418. The van der Waals surface area contributed by atoms with Crippen molar-refractivity contribution >= 4 is 67.4 Å². The molecule has 2 heterocycles. The molecule has 6 heteroatoms. The molecule has 0 bridgehead atoms. The fourth-order valence-electron chi connectivity index (χ4n) is 8.23. The Balaban J connectivity index is 1.22. The molecule has 0 fully saturated rings. The topological polar surface area (TPSA) is 41.1 Å². The van der Waals surface area contributed by atoms with Gasteiger partial charge in [0.1, 0.15) is 6.17 Å². The molecule has 0 amide bonds. The van der Waals surface area contributed by atoms with Crippen LogP contribution in [0.4, 0.5) is 11.4 Å². The van der Waals surface area contributed by atoms with Gasteiger partial charge in [-0.05, 0) is 84.6 Å². The predicted octanol–water partition coefficient (Wildman–Crippen LogP) is 13.0. The van der Waals surface area contributed by atoms with E-state index in [1.165, 1.54) is 82.1 Å².